The molecule has 0 aromatic heterocycles. The predicted molar refractivity (Wildman–Crippen MR) is 75.8 cm³/mol. The number of hydrogen-bond acceptors (Lipinski definition) is 2. The van der Waals surface area contributed by atoms with Crippen molar-refractivity contribution < 1.29 is 9.90 Å². The van der Waals surface area contributed by atoms with E-state index in [0.29, 0.717) is 13.0 Å². The Balaban J connectivity index is 1.86. The van der Waals surface area contributed by atoms with Crippen LogP contribution in [0.15, 0.2) is 24.3 Å². The van der Waals surface area contributed by atoms with Crippen molar-refractivity contribution in [1.82, 2.24) is 5.32 Å². The number of nitrogens with one attached hydrogen (secondary N) is 1. The topological polar surface area (TPSA) is 49.3 Å². The van der Waals surface area contributed by atoms with Gasteiger partial charge in [0.05, 0.1) is 0 Å². The second kappa shape index (κ2) is 5.74. The molecule has 2 rings (SSSR count). The van der Waals surface area contributed by atoms with E-state index in [4.69, 9.17) is 5.11 Å². The number of aliphatic hydroxyl groups is 1. The zero-order valence-electron chi connectivity index (χ0n) is 11.8. The maximum absolute atomic E-state index is 12.2. The summed E-state index contributed by atoms with van der Waals surface area (Å²) in [6, 6.07) is 8.28. The van der Waals surface area contributed by atoms with Gasteiger partial charge in [0.2, 0.25) is 5.91 Å². The van der Waals surface area contributed by atoms with E-state index in [1.807, 2.05) is 12.1 Å². The lowest BCUT2D eigenvalue weighted by Gasteiger charge is -2.24. The summed E-state index contributed by atoms with van der Waals surface area (Å²) >= 11 is 0. The van der Waals surface area contributed by atoms with Crippen LogP contribution in [0.5, 0.6) is 0 Å². The van der Waals surface area contributed by atoms with E-state index in [1.165, 1.54) is 11.1 Å². The Bertz CT molecular complexity index is 429. The fourth-order valence-electron chi connectivity index (χ4n) is 2.61. The zero-order chi connectivity index (χ0) is 13.9. The minimum Gasteiger partial charge on any atom is -0.396 e. The van der Waals surface area contributed by atoms with Crippen LogP contribution in [0.25, 0.3) is 0 Å². The average Bonchev–Trinajstić information content (AvgIpc) is 2.79. The molecule has 1 aliphatic carbocycles. The Morgan fingerprint density at radius 3 is 2.42 bits per heavy atom. The molecule has 0 fully saturated rings. The molecule has 0 saturated heterocycles. The molecule has 1 amide bonds. The second-order valence-electron chi connectivity index (χ2n) is 6.23. The molecule has 3 nitrogen and oxygen atoms in total. The molecule has 0 atom stereocenters. The van der Waals surface area contributed by atoms with Gasteiger partial charge in [-0.05, 0) is 35.8 Å². The summed E-state index contributed by atoms with van der Waals surface area (Å²) in [5.41, 5.74) is 2.56. The molecular weight excluding hydrogens is 238 g/mol. The van der Waals surface area contributed by atoms with Crippen LogP contribution in [0.4, 0.5) is 0 Å². The fraction of sp³-hybridized carbons (Fsp3) is 0.562. The molecule has 1 aromatic carbocycles. The van der Waals surface area contributed by atoms with Crippen LogP contribution in [0, 0.1) is 11.3 Å². The molecule has 0 spiro atoms. The lowest BCUT2D eigenvalue weighted by molar-refractivity contribution is -0.125. The number of rotatable bonds is 5. The normalized spacial score (nSPS) is 15.3. The van der Waals surface area contributed by atoms with Crippen molar-refractivity contribution in [3.63, 3.8) is 0 Å². The van der Waals surface area contributed by atoms with E-state index in [9.17, 15) is 4.79 Å². The number of fused-ring (bicyclic) bond motifs is 1. The third kappa shape index (κ3) is 3.57. The summed E-state index contributed by atoms with van der Waals surface area (Å²) in [4.78, 5) is 12.2. The molecule has 104 valence electrons. The largest absolute Gasteiger partial charge is 0.396 e. The summed E-state index contributed by atoms with van der Waals surface area (Å²) in [6.07, 6.45) is 2.41. The van der Waals surface area contributed by atoms with Crippen LogP contribution < -0.4 is 5.32 Å². The van der Waals surface area contributed by atoms with Crippen molar-refractivity contribution in [2.75, 3.05) is 13.2 Å². The predicted octanol–water partition coefficient (Wildman–Crippen LogP) is 1.93. The first kappa shape index (κ1) is 14.1. The summed E-state index contributed by atoms with van der Waals surface area (Å²) < 4.78 is 0. The number of hydrogen-bond donors (Lipinski definition) is 2. The van der Waals surface area contributed by atoms with Crippen LogP contribution in [0.3, 0.4) is 0 Å². The fourth-order valence-corrected chi connectivity index (χ4v) is 2.61. The van der Waals surface area contributed by atoms with E-state index in [2.05, 4.69) is 31.3 Å². The maximum Gasteiger partial charge on any atom is 0.223 e. The first-order valence-corrected chi connectivity index (χ1v) is 6.97. The highest BCUT2D eigenvalue weighted by atomic mass is 16.3. The highest BCUT2D eigenvalue weighted by Gasteiger charge is 2.28. The number of aliphatic hydroxyl groups excluding tert-OH is 1. The van der Waals surface area contributed by atoms with E-state index in [-0.39, 0.29) is 23.8 Å². The van der Waals surface area contributed by atoms with Gasteiger partial charge in [-0.3, -0.25) is 4.79 Å². The van der Waals surface area contributed by atoms with Gasteiger partial charge < -0.3 is 10.4 Å². The van der Waals surface area contributed by atoms with Gasteiger partial charge >= 0.3 is 0 Å². The molecule has 1 aliphatic rings. The molecule has 0 saturated carbocycles. The maximum atomic E-state index is 12.2. The smallest absolute Gasteiger partial charge is 0.223 e. The van der Waals surface area contributed by atoms with E-state index in [0.717, 1.165) is 12.8 Å². The summed E-state index contributed by atoms with van der Waals surface area (Å²) in [6.45, 7) is 4.91. The zero-order valence-corrected chi connectivity index (χ0v) is 11.8. The van der Waals surface area contributed by atoms with E-state index in [1.54, 1.807) is 0 Å². The van der Waals surface area contributed by atoms with E-state index >= 15 is 0 Å². The third-order valence-electron chi connectivity index (χ3n) is 3.95. The molecule has 0 aliphatic heterocycles. The molecular formula is C16H23NO2. The van der Waals surface area contributed by atoms with Gasteiger partial charge in [-0.15, -0.1) is 0 Å². The van der Waals surface area contributed by atoms with E-state index < -0.39 is 0 Å². The van der Waals surface area contributed by atoms with Gasteiger partial charge in [0.1, 0.15) is 0 Å². The molecule has 0 unspecified atom stereocenters. The van der Waals surface area contributed by atoms with Gasteiger partial charge in [-0.2, -0.15) is 0 Å². The Labute approximate surface area is 115 Å². The van der Waals surface area contributed by atoms with Crippen LogP contribution in [-0.4, -0.2) is 24.2 Å². The molecule has 0 bridgehead atoms. The standard InChI is InChI=1S/C16H23NO2/c1-16(2,7-8-18)11-17-15(19)14-9-12-5-3-4-6-13(12)10-14/h3-6,14,18H,7-11H2,1-2H3,(H,17,19). The van der Waals surface area contributed by atoms with Crippen LogP contribution >= 0.6 is 0 Å². The summed E-state index contributed by atoms with van der Waals surface area (Å²) in [5.74, 6) is 0.213. The third-order valence-corrected chi connectivity index (χ3v) is 3.95. The lowest BCUT2D eigenvalue weighted by Crippen LogP contribution is -2.38. The summed E-state index contributed by atoms with van der Waals surface area (Å²) in [7, 11) is 0. The highest BCUT2D eigenvalue weighted by molar-refractivity contribution is 5.80. The number of carbonyl (C=O) groups excluding carboxylic acids is 1. The Morgan fingerprint density at radius 1 is 1.32 bits per heavy atom. The lowest BCUT2D eigenvalue weighted by atomic mass is 9.89. The SMILES string of the molecule is CC(C)(CCO)CNC(=O)C1Cc2ccccc2C1. The Kier molecular flexibility index (Phi) is 4.25. The van der Waals surface area contributed by atoms with Gasteiger partial charge in [-0.25, -0.2) is 0 Å². The molecule has 1 aromatic rings. The minimum atomic E-state index is -0.0458. The Morgan fingerprint density at radius 2 is 1.89 bits per heavy atom. The van der Waals surface area contributed by atoms with Crippen LogP contribution in [-0.2, 0) is 17.6 Å². The van der Waals surface area contributed by atoms with Crippen molar-refractivity contribution in [1.29, 1.82) is 0 Å². The number of carbonyl (C=O) groups is 1. The molecule has 19 heavy (non-hydrogen) atoms. The van der Waals surface area contributed by atoms with Gasteiger partial charge in [0, 0.05) is 19.1 Å². The quantitative estimate of drug-likeness (QED) is 0.851. The molecule has 2 N–H and O–H groups in total. The monoisotopic (exact) mass is 261 g/mol. The van der Waals surface area contributed by atoms with Crippen LogP contribution in [0.1, 0.15) is 31.4 Å². The first-order chi connectivity index (χ1) is 9.02. The molecule has 3 heteroatoms. The second-order valence-corrected chi connectivity index (χ2v) is 6.23. The van der Waals surface area contributed by atoms with Gasteiger partial charge in [0.15, 0.2) is 0 Å². The highest BCUT2D eigenvalue weighted by Crippen LogP contribution is 2.27. The minimum absolute atomic E-state index is 0.0458. The molecule has 0 heterocycles. The van der Waals surface area contributed by atoms with Crippen molar-refractivity contribution in [2.45, 2.75) is 33.1 Å². The van der Waals surface area contributed by atoms with Crippen molar-refractivity contribution in [2.24, 2.45) is 11.3 Å². The Hall–Kier alpha value is -1.35. The number of benzene rings is 1. The van der Waals surface area contributed by atoms with Crippen LogP contribution in [0.2, 0.25) is 0 Å². The van der Waals surface area contributed by atoms with Crippen molar-refractivity contribution in [3.05, 3.63) is 35.4 Å². The summed E-state index contributed by atoms with van der Waals surface area (Å²) in [5, 5.41) is 12.0. The van der Waals surface area contributed by atoms with Gasteiger partial charge in [-0.1, -0.05) is 38.1 Å². The van der Waals surface area contributed by atoms with Crippen molar-refractivity contribution >= 4 is 5.91 Å². The first-order valence-electron chi connectivity index (χ1n) is 6.97. The number of amides is 1. The average molecular weight is 261 g/mol. The van der Waals surface area contributed by atoms with Crippen molar-refractivity contribution in [3.8, 4) is 0 Å². The van der Waals surface area contributed by atoms with Gasteiger partial charge in [0.25, 0.3) is 0 Å². The molecule has 0 radical (unpaired) electrons.